The minimum absolute atomic E-state index is 0.117. The molecule has 0 saturated heterocycles. The number of nitrogens with zero attached hydrogens (tertiary/aromatic N) is 1. The van der Waals surface area contributed by atoms with Gasteiger partial charge < -0.3 is 10.1 Å². The van der Waals surface area contributed by atoms with E-state index in [0.717, 1.165) is 26.9 Å². The largest absolute Gasteiger partial charge is 0.462 e. The molecule has 154 valence electrons. The van der Waals surface area contributed by atoms with Gasteiger partial charge in [0.2, 0.25) is 0 Å². The van der Waals surface area contributed by atoms with Gasteiger partial charge >= 0.3 is 5.97 Å². The Morgan fingerprint density at radius 2 is 1.97 bits per heavy atom. The molecule has 0 amide bonds. The van der Waals surface area contributed by atoms with Gasteiger partial charge in [-0.3, -0.25) is 0 Å². The van der Waals surface area contributed by atoms with E-state index in [4.69, 9.17) is 4.74 Å². The zero-order valence-electron chi connectivity index (χ0n) is 17.5. The van der Waals surface area contributed by atoms with Crippen molar-refractivity contribution in [3.8, 4) is 0 Å². The number of rotatable bonds is 5. The predicted octanol–water partition coefficient (Wildman–Crippen LogP) is 6.22. The van der Waals surface area contributed by atoms with Crippen molar-refractivity contribution < 1.29 is 9.53 Å². The van der Waals surface area contributed by atoms with E-state index in [9.17, 15) is 4.79 Å². The van der Waals surface area contributed by atoms with Gasteiger partial charge in [-0.1, -0.05) is 30.3 Å². The van der Waals surface area contributed by atoms with Crippen LogP contribution in [0.3, 0.4) is 0 Å². The predicted molar refractivity (Wildman–Crippen MR) is 126 cm³/mol. The van der Waals surface area contributed by atoms with Crippen molar-refractivity contribution in [1.82, 2.24) is 5.32 Å². The van der Waals surface area contributed by atoms with Crippen molar-refractivity contribution >= 4 is 50.5 Å². The molecule has 2 aromatic rings. The Balaban J connectivity index is 2.04. The summed E-state index contributed by atoms with van der Waals surface area (Å²) in [6, 6.07) is 10.0. The average molecular weight is 475 g/mol. The molecule has 0 saturated carbocycles. The van der Waals surface area contributed by atoms with Crippen LogP contribution in [0.1, 0.15) is 61.0 Å². The van der Waals surface area contributed by atoms with Gasteiger partial charge in [-0.25, -0.2) is 9.79 Å². The fraction of sp³-hybridized carbons (Fsp3) is 0.391. The first-order valence-corrected chi connectivity index (χ1v) is 11.3. The van der Waals surface area contributed by atoms with E-state index in [-0.39, 0.29) is 17.0 Å². The van der Waals surface area contributed by atoms with Crippen LogP contribution in [0.4, 0.5) is 5.00 Å². The Kier molecular flexibility index (Phi) is 6.46. The summed E-state index contributed by atoms with van der Waals surface area (Å²) < 4.78 is 6.21. The van der Waals surface area contributed by atoms with Gasteiger partial charge in [0.25, 0.3) is 0 Å². The molecule has 0 bridgehead atoms. The molecule has 0 aliphatic carbocycles. The molecular weight excluding hydrogens is 448 g/mol. The van der Waals surface area contributed by atoms with Crippen LogP contribution in [0.5, 0.6) is 0 Å². The highest BCUT2D eigenvalue weighted by atomic mass is 79.9. The summed E-state index contributed by atoms with van der Waals surface area (Å²) in [7, 11) is 0. The molecule has 3 rings (SSSR count). The van der Waals surface area contributed by atoms with Gasteiger partial charge in [0.15, 0.2) is 0 Å². The maximum Gasteiger partial charge on any atom is 0.341 e. The summed E-state index contributed by atoms with van der Waals surface area (Å²) in [5, 5.41) is 4.38. The quantitative estimate of drug-likeness (QED) is 0.413. The number of fused-ring (bicyclic) bond motifs is 1. The van der Waals surface area contributed by atoms with Gasteiger partial charge in [-0.05, 0) is 74.2 Å². The number of benzene rings is 1. The summed E-state index contributed by atoms with van der Waals surface area (Å²) in [5.41, 5.74) is 2.37. The number of hydrogen-bond donors (Lipinski definition) is 1. The van der Waals surface area contributed by atoms with E-state index in [1.807, 2.05) is 43.3 Å². The van der Waals surface area contributed by atoms with Crippen molar-refractivity contribution in [1.29, 1.82) is 0 Å². The lowest BCUT2D eigenvalue weighted by atomic mass is 9.81. The van der Waals surface area contributed by atoms with Crippen molar-refractivity contribution in [3.05, 3.63) is 56.4 Å². The van der Waals surface area contributed by atoms with E-state index >= 15 is 0 Å². The van der Waals surface area contributed by atoms with Crippen molar-refractivity contribution in [2.45, 2.75) is 52.1 Å². The van der Waals surface area contributed by atoms with Crippen LogP contribution >= 0.6 is 27.3 Å². The first kappa shape index (κ1) is 21.9. The molecule has 1 N–H and O–H groups in total. The van der Waals surface area contributed by atoms with Crippen LogP contribution in [0, 0.1) is 0 Å². The molecule has 1 aromatic heterocycles. The van der Waals surface area contributed by atoms with E-state index in [1.54, 1.807) is 17.6 Å². The lowest BCUT2D eigenvalue weighted by Gasteiger charge is -2.42. The highest BCUT2D eigenvalue weighted by Gasteiger charge is 2.41. The number of halogens is 1. The van der Waals surface area contributed by atoms with Crippen molar-refractivity contribution in [2.24, 2.45) is 4.99 Å². The second-order valence-corrected chi connectivity index (χ2v) is 10.2. The Morgan fingerprint density at radius 1 is 1.28 bits per heavy atom. The Hall–Kier alpha value is -1.76. The first-order chi connectivity index (χ1) is 13.6. The summed E-state index contributed by atoms with van der Waals surface area (Å²) in [5.74, 6) is -0.297. The number of esters is 1. The fourth-order valence-electron chi connectivity index (χ4n) is 3.88. The van der Waals surface area contributed by atoms with Crippen molar-refractivity contribution in [3.63, 3.8) is 0 Å². The zero-order valence-corrected chi connectivity index (χ0v) is 19.9. The molecule has 6 heteroatoms. The number of carbonyl (C=O) groups is 1. The van der Waals surface area contributed by atoms with E-state index in [1.165, 1.54) is 0 Å². The number of aliphatic imine (C=N–C) groups is 1. The molecule has 0 atom stereocenters. The minimum Gasteiger partial charge on any atom is -0.462 e. The summed E-state index contributed by atoms with van der Waals surface area (Å²) in [6.45, 7) is 10.8. The molecule has 1 aliphatic heterocycles. The van der Waals surface area contributed by atoms with E-state index in [2.05, 4.69) is 53.9 Å². The highest BCUT2D eigenvalue weighted by molar-refractivity contribution is 9.12. The monoisotopic (exact) mass is 474 g/mol. The molecule has 0 spiro atoms. The number of ether oxygens (including phenoxy) is 1. The summed E-state index contributed by atoms with van der Waals surface area (Å²) in [6.07, 6.45) is 4.50. The van der Waals surface area contributed by atoms with E-state index in [0.29, 0.717) is 17.2 Å². The maximum absolute atomic E-state index is 12.8. The molecule has 4 nitrogen and oxygen atoms in total. The molecule has 0 radical (unpaired) electrons. The van der Waals surface area contributed by atoms with Crippen molar-refractivity contribution in [2.75, 3.05) is 6.61 Å². The summed E-state index contributed by atoms with van der Waals surface area (Å²) in [4.78, 5) is 18.6. The number of hydrogen-bond acceptors (Lipinski definition) is 5. The maximum atomic E-state index is 12.8. The normalized spacial score (nSPS) is 17.9. The van der Waals surface area contributed by atoms with Gasteiger partial charge in [-0.2, -0.15) is 0 Å². The highest BCUT2D eigenvalue weighted by Crippen LogP contribution is 2.46. The number of nitrogens with one attached hydrogen (secondary N) is 1. The van der Waals surface area contributed by atoms with Crippen LogP contribution in [-0.4, -0.2) is 24.3 Å². The molecule has 29 heavy (non-hydrogen) atoms. The third kappa shape index (κ3) is 5.05. The van der Waals surface area contributed by atoms with Crippen LogP contribution in [0.15, 0.2) is 39.8 Å². The minimum atomic E-state index is -0.297. The molecule has 0 unspecified atom stereocenters. The van der Waals surface area contributed by atoms with Crippen LogP contribution in [0.2, 0.25) is 0 Å². The molecular formula is C23H27BrN2O2S. The van der Waals surface area contributed by atoms with Gasteiger partial charge in [0, 0.05) is 26.7 Å². The van der Waals surface area contributed by atoms with Crippen LogP contribution < -0.4 is 5.32 Å². The van der Waals surface area contributed by atoms with Crippen LogP contribution in [0.25, 0.3) is 6.08 Å². The molecule has 1 aliphatic rings. The SMILES string of the molecule is CCOC(=O)c1c(/N=C/C(Br)=C/c2ccccc2)sc2c1CC(C)(C)NC2(C)C. The number of thiophene rings is 1. The smallest absolute Gasteiger partial charge is 0.341 e. The molecule has 1 aromatic carbocycles. The molecule has 0 fully saturated rings. The third-order valence-corrected chi connectivity index (χ3v) is 6.61. The van der Waals surface area contributed by atoms with Gasteiger partial charge in [-0.15, -0.1) is 11.3 Å². The average Bonchev–Trinajstić information content (AvgIpc) is 2.98. The second-order valence-electron chi connectivity index (χ2n) is 8.32. The van der Waals surface area contributed by atoms with Crippen LogP contribution in [-0.2, 0) is 16.7 Å². The number of carbonyl (C=O) groups excluding carboxylic acids is 1. The fourth-order valence-corrected chi connectivity index (χ4v) is 5.46. The lowest BCUT2D eigenvalue weighted by molar-refractivity contribution is 0.0525. The van der Waals surface area contributed by atoms with E-state index < -0.39 is 0 Å². The van der Waals surface area contributed by atoms with Gasteiger partial charge in [0.05, 0.1) is 12.2 Å². The Morgan fingerprint density at radius 3 is 2.62 bits per heavy atom. The Labute approximate surface area is 185 Å². The number of allylic oxidation sites excluding steroid dienone is 1. The first-order valence-electron chi connectivity index (χ1n) is 9.72. The zero-order chi connectivity index (χ0) is 21.2. The second kappa shape index (κ2) is 8.54. The standard InChI is InChI=1S/C23H27BrN2O2S/c1-6-28-21(27)18-17-13-22(2,3)26-23(4,5)19(17)29-20(18)25-14-16(24)12-15-10-8-7-9-11-15/h7-12,14,26H,6,13H2,1-5H3/b16-12-,25-14+. The van der Waals surface area contributed by atoms with Gasteiger partial charge in [0.1, 0.15) is 5.00 Å². The Bertz CT molecular complexity index is 959. The molecule has 2 heterocycles. The third-order valence-electron chi connectivity index (χ3n) is 4.71. The lowest BCUT2D eigenvalue weighted by Crippen LogP contribution is -2.55. The summed E-state index contributed by atoms with van der Waals surface area (Å²) >= 11 is 5.13. The topological polar surface area (TPSA) is 50.7 Å².